The van der Waals surface area contributed by atoms with Crippen molar-refractivity contribution in [2.75, 3.05) is 6.54 Å². The fourth-order valence-corrected chi connectivity index (χ4v) is 2.78. The molecule has 1 aliphatic rings. The third kappa shape index (κ3) is 2.06. The van der Waals surface area contributed by atoms with Gasteiger partial charge in [0.05, 0.1) is 0 Å². The van der Waals surface area contributed by atoms with E-state index in [0.717, 1.165) is 25.7 Å². The maximum absolute atomic E-state index is 11.6. The normalized spacial score (nSPS) is 29.8. The fraction of sp³-hybridized carbons (Fsp3) is 0.833. The molecule has 1 N–H and O–H groups in total. The number of rotatable bonds is 5. The summed E-state index contributed by atoms with van der Waals surface area (Å²) in [6.45, 7) is 4.43. The van der Waals surface area contributed by atoms with Crippen molar-refractivity contribution in [1.29, 1.82) is 0 Å². The number of carbonyl (C=O) groups excluding carboxylic acids is 1. The van der Waals surface area contributed by atoms with E-state index in [-0.39, 0.29) is 5.92 Å². The van der Waals surface area contributed by atoms with Crippen LogP contribution in [-0.2, 0) is 9.59 Å². The first kappa shape index (κ1) is 13.0. The largest absolute Gasteiger partial charge is 0.479 e. The number of hydrogen-bond acceptors (Lipinski definition) is 2. The SMILES string of the molecule is CCCN(C=O)C1(C(=O)O)CCCCC1C. The Bertz CT molecular complexity index is 267. The van der Waals surface area contributed by atoms with Crippen molar-refractivity contribution < 1.29 is 14.7 Å². The van der Waals surface area contributed by atoms with Crippen LogP contribution in [0.1, 0.15) is 46.0 Å². The monoisotopic (exact) mass is 227 g/mol. The van der Waals surface area contributed by atoms with Crippen molar-refractivity contribution in [3.05, 3.63) is 0 Å². The summed E-state index contributed by atoms with van der Waals surface area (Å²) in [4.78, 5) is 24.2. The maximum Gasteiger partial charge on any atom is 0.329 e. The van der Waals surface area contributed by atoms with E-state index in [1.54, 1.807) is 0 Å². The third-order valence-electron chi connectivity index (χ3n) is 3.73. The summed E-state index contributed by atoms with van der Waals surface area (Å²) in [5.74, 6) is -0.809. The quantitative estimate of drug-likeness (QED) is 0.730. The van der Waals surface area contributed by atoms with E-state index in [9.17, 15) is 14.7 Å². The van der Waals surface area contributed by atoms with Gasteiger partial charge in [-0.25, -0.2) is 4.79 Å². The summed E-state index contributed by atoms with van der Waals surface area (Å²) in [5.41, 5.74) is -0.962. The highest BCUT2D eigenvalue weighted by atomic mass is 16.4. The number of amides is 1. The van der Waals surface area contributed by atoms with Crippen LogP contribution in [0.3, 0.4) is 0 Å². The van der Waals surface area contributed by atoms with Gasteiger partial charge in [0.15, 0.2) is 0 Å². The Kier molecular flexibility index (Phi) is 4.33. The summed E-state index contributed by atoms with van der Waals surface area (Å²) in [6, 6.07) is 0. The fourth-order valence-electron chi connectivity index (χ4n) is 2.78. The van der Waals surface area contributed by atoms with Crippen LogP contribution < -0.4 is 0 Å². The predicted molar refractivity (Wildman–Crippen MR) is 61.1 cm³/mol. The first-order chi connectivity index (χ1) is 7.59. The Balaban J connectivity index is 3.01. The molecule has 1 fully saturated rings. The topological polar surface area (TPSA) is 57.6 Å². The number of carboxylic acids is 1. The van der Waals surface area contributed by atoms with Gasteiger partial charge in [-0.15, -0.1) is 0 Å². The first-order valence-corrected chi connectivity index (χ1v) is 6.05. The van der Waals surface area contributed by atoms with Gasteiger partial charge in [0.1, 0.15) is 5.54 Å². The van der Waals surface area contributed by atoms with Gasteiger partial charge in [-0.05, 0) is 25.2 Å². The number of carboxylic acid groups (broad SMARTS) is 1. The molecule has 4 nitrogen and oxygen atoms in total. The molecule has 16 heavy (non-hydrogen) atoms. The summed E-state index contributed by atoms with van der Waals surface area (Å²) < 4.78 is 0. The molecule has 1 aliphatic carbocycles. The number of carbonyl (C=O) groups is 2. The van der Waals surface area contributed by atoms with Gasteiger partial charge >= 0.3 is 5.97 Å². The van der Waals surface area contributed by atoms with E-state index >= 15 is 0 Å². The Morgan fingerprint density at radius 2 is 2.25 bits per heavy atom. The number of hydrogen-bond donors (Lipinski definition) is 1. The minimum atomic E-state index is -0.962. The Labute approximate surface area is 96.6 Å². The average Bonchev–Trinajstić information content (AvgIpc) is 2.27. The second-order valence-corrected chi connectivity index (χ2v) is 4.68. The number of aliphatic carboxylic acids is 1. The molecule has 0 bridgehead atoms. The van der Waals surface area contributed by atoms with Crippen LogP contribution >= 0.6 is 0 Å². The van der Waals surface area contributed by atoms with Crippen molar-refractivity contribution in [1.82, 2.24) is 4.90 Å². The van der Waals surface area contributed by atoms with Crippen LogP contribution in [0.25, 0.3) is 0 Å². The van der Waals surface area contributed by atoms with E-state index in [2.05, 4.69) is 0 Å². The molecule has 0 saturated heterocycles. The van der Waals surface area contributed by atoms with Crippen molar-refractivity contribution in [3.63, 3.8) is 0 Å². The van der Waals surface area contributed by atoms with Crippen LogP contribution in [0.4, 0.5) is 0 Å². The van der Waals surface area contributed by atoms with Crippen LogP contribution in [0, 0.1) is 5.92 Å². The first-order valence-electron chi connectivity index (χ1n) is 6.05. The minimum Gasteiger partial charge on any atom is -0.479 e. The summed E-state index contributed by atoms with van der Waals surface area (Å²) >= 11 is 0. The highest BCUT2D eigenvalue weighted by Crippen LogP contribution is 2.38. The van der Waals surface area contributed by atoms with Crippen molar-refractivity contribution in [3.8, 4) is 0 Å². The van der Waals surface area contributed by atoms with E-state index in [4.69, 9.17) is 0 Å². The molecule has 1 amide bonds. The number of nitrogens with zero attached hydrogens (tertiary/aromatic N) is 1. The molecule has 4 heteroatoms. The Morgan fingerprint density at radius 1 is 1.56 bits per heavy atom. The molecule has 2 unspecified atom stereocenters. The van der Waals surface area contributed by atoms with E-state index in [0.29, 0.717) is 19.4 Å². The Morgan fingerprint density at radius 3 is 2.69 bits per heavy atom. The molecule has 0 aromatic carbocycles. The molecule has 0 aromatic rings. The second kappa shape index (κ2) is 5.32. The standard InChI is InChI=1S/C12H21NO3/c1-3-8-13(9-14)12(11(15)16)7-5-4-6-10(12)2/h9-10H,3-8H2,1-2H3,(H,15,16). The molecular weight excluding hydrogens is 206 g/mol. The third-order valence-corrected chi connectivity index (χ3v) is 3.73. The molecule has 2 atom stereocenters. The predicted octanol–water partition coefficient (Wildman–Crippen LogP) is 1.89. The zero-order valence-corrected chi connectivity index (χ0v) is 10.1. The average molecular weight is 227 g/mol. The van der Waals surface area contributed by atoms with E-state index in [1.165, 1.54) is 4.90 Å². The molecule has 0 aromatic heterocycles. The van der Waals surface area contributed by atoms with Gasteiger partial charge in [0, 0.05) is 6.54 Å². The lowest BCUT2D eigenvalue weighted by Crippen LogP contribution is -2.59. The minimum absolute atomic E-state index is 0.0375. The van der Waals surface area contributed by atoms with E-state index < -0.39 is 11.5 Å². The molecular formula is C12H21NO3. The van der Waals surface area contributed by atoms with Crippen LogP contribution in [0.2, 0.25) is 0 Å². The highest BCUT2D eigenvalue weighted by molar-refractivity contribution is 5.82. The van der Waals surface area contributed by atoms with Gasteiger partial charge in [0.25, 0.3) is 0 Å². The van der Waals surface area contributed by atoms with Crippen molar-refractivity contribution in [2.45, 2.75) is 51.5 Å². The van der Waals surface area contributed by atoms with Gasteiger partial charge in [-0.2, -0.15) is 0 Å². The van der Waals surface area contributed by atoms with Gasteiger partial charge in [-0.1, -0.05) is 26.7 Å². The molecule has 0 heterocycles. The highest BCUT2D eigenvalue weighted by Gasteiger charge is 2.49. The van der Waals surface area contributed by atoms with Gasteiger partial charge in [-0.3, -0.25) is 4.79 Å². The van der Waals surface area contributed by atoms with Crippen LogP contribution in [0.15, 0.2) is 0 Å². The molecule has 0 spiro atoms. The maximum atomic E-state index is 11.6. The van der Waals surface area contributed by atoms with Crippen molar-refractivity contribution in [2.24, 2.45) is 5.92 Å². The molecule has 1 rings (SSSR count). The zero-order chi connectivity index (χ0) is 12.2. The summed E-state index contributed by atoms with van der Waals surface area (Å²) in [6.07, 6.45) is 4.93. The van der Waals surface area contributed by atoms with E-state index in [1.807, 2.05) is 13.8 Å². The summed E-state index contributed by atoms with van der Waals surface area (Å²) in [7, 11) is 0. The van der Waals surface area contributed by atoms with Crippen molar-refractivity contribution >= 4 is 12.4 Å². The Hall–Kier alpha value is -1.06. The van der Waals surface area contributed by atoms with Gasteiger partial charge in [0.2, 0.25) is 6.41 Å². The van der Waals surface area contributed by atoms with Crippen LogP contribution in [0.5, 0.6) is 0 Å². The smallest absolute Gasteiger partial charge is 0.329 e. The van der Waals surface area contributed by atoms with Gasteiger partial charge < -0.3 is 10.0 Å². The molecule has 92 valence electrons. The lowest BCUT2D eigenvalue weighted by atomic mass is 9.72. The zero-order valence-electron chi connectivity index (χ0n) is 10.1. The molecule has 0 radical (unpaired) electrons. The lowest BCUT2D eigenvalue weighted by Gasteiger charge is -2.45. The van der Waals surface area contributed by atoms with Crippen LogP contribution in [-0.4, -0.2) is 34.5 Å². The molecule has 0 aliphatic heterocycles. The second-order valence-electron chi connectivity index (χ2n) is 4.68. The summed E-state index contributed by atoms with van der Waals surface area (Å²) in [5, 5.41) is 9.49. The lowest BCUT2D eigenvalue weighted by molar-refractivity contribution is -0.162. The molecule has 1 saturated carbocycles.